The lowest BCUT2D eigenvalue weighted by Gasteiger charge is -2.09. The first kappa shape index (κ1) is 12.5. The maximum absolute atomic E-state index is 11.6. The van der Waals surface area contributed by atoms with Crippen molar-refractivity contribution in [2.45, 2.75) is 31.7 Å². The van der Waals surface area contributed by atoms with Crippen LogP contribution in [0.25, 0.3) is 6.08 Å². The summed E-state index contributed by atoms with van der Waals surface area (Å²) in [4.78, 5) is 11.6. The largest absolute Gasteiger partial charge is 0.504 e. The smallest absolute Gasteiger partial charge is 0.244 e. The first-order chi connectivity index (χ1) is 8.65. The maximum Gasteiger partial charge on any atom is 0.244 e. The zero-order valence-corrected chi connectivity index (χ0v) is 10.1. The van der Waals surface area contributed by atoms with Gasteiger partial charge in [-0.15, -0.1) is 0 Å². The average Bonchev–Trinajstić information content (AvgIpc) is 2.83. The zero-order valence-electron chi connectivity index (χ0n) is 10.1. The molecule has 96 valence electrons. The average molecular weight is 247 g/mol. The number of phenolic OH excluding ortho intramolecular Hbond substituents is 2. The monoisotopic (exact) mass is 247 g/mol. The Bertz CT molecular complexity index is 462. The van der Waals surface area contributed by atoms with Crippen molar-refractivity contribution in [1.29, 1.82) is 0 Å². The van der Waals surface area contributed by atoms with Gasteiger partial charge in [0.2, 0.25) is 5.91 Å². The molecule has 0 radical (unpaired) electrons. The standard InChI is InChI=1S/C14H17NO3/c16-12-7-5-10(9-13(12)17)6-8-14(18)15-11-3-1-2-4-11/h5-9,11,16-17H,1-4H2,(H,15,18)/b8-6+. The first-order valence-electron chi connectivity index (χ1n) is 6.16. The van der Waals surface area contributed by atoms with E-state index in [4.69, 9.17) is 5.11 Å². The van der Waals surface area contributed by atoms with Crippen LogP contribution in [0.15, 0.2) is 24.3 Å². The van der Waals surface area contributed by atoms with Crippen molar-refractivity contribution >= 4 is 12.0 Å². The molecule has 1 aliphatic rings. The molecular weight excluding hydrogens is 230 g/mol. The molecule has 2 rings (SSSR count). The number of phenols is 2. The molecule has 0 aromatic heterocycles. The Balaban J connectivity index is 1.92. The predicted molar refractivity (Wildman–Crippen MR) is 69.2 cm³/mol. The van der Waals surface area contributed by atoms with Crippen molar-refractivity contribution < 1.29 is 15.0 Å². The topological polar surface area (TPSA) is 69.6 Å². The van der Waals surface area contributed by atoms with Crippen LogP contribution in [0.4, 0.5) is 0 Å². The van der Waals surface area contributed by atoms with E-state index in [0.717, 1.165) is 12.8 Å². The fourth-order valence-corrected chi connectivity index (χ4v) is 2.14. The Morgan fingerprint density at radius 3 is 2.61 bits per heavy atom. The van der Waals surface area contributed by atoms with Gasteiger partial charge in [-0.3, -0.25) is 4.79 Å². The molecule has 1 fully saturated rings. The fraction of sp³-hybridized carbons (Fsp3) is 0.357. The normalized spacial score (nSPS) is 16.2. The summed E-state index contributed by atoms with van der Waals surface area (Å²) in [5.41, 5.74) is 0.673. The van der Waals surface area contributed by atoms with Crippen LogP contribution in [0.5, 0.6) is 11.5 Å². The molecule has 4 heteroatoms. The highest BCUT2D eigenvalue weighted by molar-refractivity contribution is 5.92. The van der Waals surface area contributed by atoms with E-state index in [-0.39, 0.29) is 17.4 Å². The quantitative estimate of drug-likeness (QED) is 0.566. The van der Waals surface area contributed by atoms with Gasteiger partial charge in [-0.2, -0.15) is 0 Å². The summed E-state index contributed by atoms with van der Waals surface area (Å²) in [7, 11) is 0. The number of nitrogens with one attached hydrogen (secondary N) is 1. The van der Waals surface area contributed by atoms with Gasteiger partial charge in [0.1, 0.15) is 0 Å². The van der Waals surface area contributed by atoms with E-state index in [2.05, 4.69) is 5.32 Å². The highest BCUT2D eigenvalue weighted by atomic mass is 16.3. The molecule has 0 saturated heterocycles. The summed E-state index contributed by atoms with van der Waals surface area (Å²) < 4.78 is 0. The molecule has 0 heterocycles. The van der Waals surface area contributed by atoms with E-state index in [1.54, 1.807) is 12.1 Å². The summed E-state index contributed by atoms with van der Waals surface area (Å²) in [5.74, 6) is -0.467. The second-order valence-corrected chi connectivity index (χ2v) is 4.57. The Morgan fingerprint density at radius 2 is 1.94 bits per heavy atom. The molecule has 1 aliphatic carbocycles. The van der Waals surface area contributed by atoms with Gasteiger partial charge in [-0.05, 0) is 36.6 Å². The van der Waals surface area contributed by atoms with Crippen LogP contribution in [0.3, 0.4) is 0 Å². The fourth-order valence-electron chi connectivity index (χ4n) is 2.14. The van der Waals surface area contributed by atoms with Crippen LogP contribution in [0.2, 0.25) is 0 Å². The second kappa shape index (κ2) is 5.58. The molecule has 1 aromatic carbocycles. The van der Waals surface area contributed by atoms with Gasteiger partial charge in [-0.1, -0.05) is 18.9 Å². The number of aromatic hydroxyl groups is 2. The van der Waals surface area contributed by atoms with Crippen molar-refractivity contribution in [2.24, 2.45) is 0 Å². The maximum atomic E-state index is 11.6. The summed E-state index contributed by atoms with van der Waals surface area (Å²) in [6.45, 7) is 0. The van der Waals surface area contributed by atoms with Crippen LogP contribution in [-0.2, 0) is 4.79 Å². The van der Waals surface area contributed by atoms with E-state index in [9.17, 15) is 9.90 Å². The number of carbonyl (C=O) groups excluding carboxylic acids is 1. The lowest BCUT2D eigenvalue weighted by Crippen LogP contribution is -2.30. The molecule has 4 nitrogen and oxygen atoms in total. The molecule has 1 aromatic rings. The second-order valence-electron chi connectivity index (χ2n) is 4.57. The van der Waals surface area contributed by atoms with Crippen LogP contribution >= 0.6 is 0 Å². The van der Waals surface area contributed by atoms with Crippen molar-refractivity contribution in [3.05, 3.63) is 29.8 Å². The zero-order chi connectivity index (χ0) is 13.0. The third kappa shape index (κ3) is 3.26. The summed E-state index contributed by atoms with van der Waals surface area (Å²) in [5, 5.41) is 21.4. The van der Waals surface area contributed by atoms with Crippen molar-refractivity contribution in [3.63, 3.8) is 0 Å². The van der Waals surface area contributed by atoms with E-state index in [1.807, 2.05) is 0 Å². The number of benzene rings is 1. The Kier molecular flexibility index (Phi) is 3.87. The van der Waals surface area contributed by atoms with Crippen LogP contribution in [0.1, 0.15) is 31.2 Å². The van der Waals surface area contributed by atoms with Crippen LogP contribution in [0, 0.1) is 0 Å². The molecule has 1 saturated carbocycles. The lowest BCUT2D eigenvalue weighted by atomic mass is 10.2. The molecule has 18 heavy (non-hydrogen) atoms. The van der Waals surface area contributed by atoms with Crippen molar-refractivity contribution in [1.82, 2.24) is 5.32 Å². The third-order valence-corrected chi connectivity index (χ3v) is 3.13. The Morgan fingerprint density at radius 1 is 1.22 bits per heavy atom. The molecule has 1 amide bonds. The lowest BCUT2D eigenvalue weighted by molar-refractivity contribution is -0.117. The number of carbonyl (C=O) groups is 1. The third-order valence-electron chi connectivity index (χ3n) is 3.13. The van der Waals surface area contributed by atoms with Gasteiger partial charge in [0.15, 0.2) is 11.5 Å². The molecule has 0 aliphatic heterocycles. The van der Waals surface area contributed by atoms with Gasteiger partial charge < -0.3 is 15.5 Å². The summed E-state index contributed by atoms with van der Waals surface area (Å²) in [6, 6.07) is 4.74. The SMILES string of the molecule is O=C(/C=C/c1ccc(O)c(O)c1)NC1CCCC1. The van der Waals surface area contributed by atoms with Gasteiger partial charge in [0.25, 0.3) is 0 Å². The molecule has 0 atom stereocenters. The molecule has 0 spiro atoms. The Labute approximate surface area is 106 Å². The highest BCUT2D eigenvalue weighted by Gasteiger charge is 2.15. The minimum atomic E-state index is -0.187. The van der Waals surface area contributed by atoms with E-state index in [0.29, 0.717) is 11.6 Å². The summed E-state index contributed by atoms with van der Waals surface area (Å²) >= 11 is 0. The van der Waals surface area contributed by atoms with Gasteiger partial charge in [0.05, 0.1) is 0 Å². The molecular formula is C14H17NO3. The van der Waals surface area contributed by atoms with Gasteiger partial charge in [-0.25, -0.2) is 0 Å². The minimum absolute atomic E-state index is 0.116. The van der Waals surface area contributed by atoms with Gasteiger partial charge >= 0.3 is 0 Å². The summed E-state index contributed by atoms with van der Waals surface area (Å²) in [6.07, 6.45) is 7.54. The molecule has 0 unspecified atom stereocenters. The van der Waals surface area contributed by atoms with E-state index >= 15 is 0 Å². The number of amides is 1. The van der Waals surface area contributed by atoms with Crippen LogP contribution < -0.4 is 5.32 Å². The van der Waals surface area contributed by atoms with Crippen LogP contribution in [-0.4, -0.2) is 22.2 Å². The number of hydrogen-bond donors (Lipinski definition) is 3. The minimum Gasteiger partial charge on any atom is -0.504 e. The number of hydrogen-bond acceptors (Lipinski definition) is 3. The molecule has 0 bridgehead atoms. The van der Waals surface area contributed by atoms with Crippen molar-refractivity contribution in [2.75, 3.05) is 0 Å². The van der Waals surface area contributed by atoms with Crippen molar-refractivity contribution in [3.8, 4) is 11.5 Å². The predicted octanol–water partition coefficient (Wildman–Crippen LogP) is 2.17. The van der Waals surface area contributed by atoms with E-state index < -0.39 is 0 Å². The Hall–Kier alpha value is -1.97. The molecule has 3 N–H and O–H groups in total. The highest BCUT2D eigenvalue weighted by Crippen LogP contribution is 2.25. The number of rotatable bonds is 3. The first-order valence-corrected chi connectivity index (χ1v) is 6.16. The van der Waals surface area contributed by atoms with E-state index in [1.165, 1.54) is 31.1 Å². The van der Waals surface area contributed by atoms with Gasteiger partial charge in [0, 0.05) is 12.1 Å².